The van der Waals surface area contributed by atoms with Gasteiger partial charge in [-0.2, -0.15) is 0 Å². The highest BCUT2D eigenvalue weighted by Gasteiger charge is 2.42. The van der Waals surface area contributed by atoms with Crippen LogP contribution in [0.2, 0.25) is 0 Å². The summed E-state index contributed by atoms with van der Waals surface area (Å²) < 4.78 is 0. The van der Waals surface area contributed by atoms with Gasteiger partial charge in [-0.25, -0.2) is 4.98 Å². The van der Waals surface area contributed by atoms with E-state index in [0.29, 0.717) is 23.0 Å². The molecule has 2 aliphatic rings. The molecule has 25 heavy (non-hydrogen) atoms. The van der Waals surface area contributed by atoms with Crippen molar-refractivity contribution < 1.29 is 4.79 Å². The molecular weight excluding hydrogens is 354 g/mol. The van der Waals surface area contributed by atoms with Crippen LogP contribution < -0.4 is 10.9 Å². The Morgan fingerprint density at radius 1 is 1.32 bits per heavy atom. The lowest BCUT2D eigenvalue weighted by molar-refractivity contribution is -0.118. The SMILES string of the molecule is CSc1nc2c(c(=O)[nH]1)C(c1cccs1)C1=C(CC(C)(C)CC1=O)N2. The lowest BCUT2D eigenvalue weighted by Crippen LogP contribution is -2.36. The third kappa shape index (κ3) is 2.75. The number of rotatable bonds is 2. The smallest absolute Gasteiger partial charge is 0.257 e. The van der Waals surface area contributed by atoms with E-state index in [1.54, 1.807) is 11.3 Å². The molecule has 130 valence electrons. The molecule has 2 aromatic heterocycles. The van der Waals surface area contributed by atoms with Crippen molar-refractivity contribution in [1.82, 2.24) is 9.97 Å². The first-order valence-electron chi connectivity index (χ1n) is 8.14. The summed E-state index contributed by atoms with van der Waals surface area (Å²) in [5.74, 6) is 0.369. The van der Waals surface area contributed by atoms with Crippen LogP contribution >= 0.6 is 23.1 Å². The molecule has 0 radical (unpaired) electrons. The van der Waals surface area contributed by atoms with Gasteiger partial charge in [-0.05, 0) is 29.5 Å². The molecule has 0 saturated heterocycles. The number of nitrogens with zero attached hydrogens (tertiary/aromatic N) is 1. The number of H-pyrrole nitrogens is 1. The van der Waals surface area contributed by atoms with Crippen molar-refractivity contribution in [1.29, 1.82) is 0 Å². The zero-order valence-corrected chi connectivity index (χ0v) is 15.9. The maximum atomic E-state index is 13.0. The second kappa shape index (κ2) is 5.85. The second-order valence-corrected chi connectivity index (χ2v) is 9.02. The van der Waals surface area contributed by atoms with Gasteiger partial charge in [-0.15, -0.1) is 11.3 Å². The lowest BCUT2D eigenvalue weighted by Gasteiger charge is -2.38. The Labute approximate surface area is 154 Å². The predicted molar refractivity (Wildman–Crippen MR) is 101 cm³/mol. The lowest BCUT2D eigenvalue weighted by atomic mass is 9.70. The molecule has 7 heteroatoms. The van der Waals surface area contributed by atoms with Crippen molar-refractivity contribution in [3.05, 3.63) is 49.6 Å². The third-order valence-corrected chi connectivity index (χ3v) is 6.24. The van der Waals surface area contributed by atoms with Gasteiger partial charge in [0.05, 0.1) is 11.5 Å². The van der Waals surface area contributed by atoms with Crippen molar-refractivity contribution >= 4 is 34.7 Å². The van der Waals surface area contributed by atoms with E-state index >= 15 is 0 Å². The molecule has 1 unspecified atom stereocenters. The number of allylic oxidation sites excluding steroid dienone is 2. The number of hydrogen-bond donors (Lipinski definition) is 2. The van der Waals surface area contributed by atoms with Gasteiger partial charge in [-0.3, -0.25) is 9.59 Å². The standard InChI is InChI=1S/C18H19N3O2S2/c1-18(2)7-9-12(10(22)8-18)13(11-5-4-6-25-11)14-15(19-9)20-17(24-3)21-16(14)23/h4-6,13H,7-8H2,1-3H3,(H2,19,20,21,23). The van der Waals surface area contributed by atoms with Gasteiger partial charge in [-0.1, -0.05) is 31.7 Å². The fourth-order valence-corrected chi connectivity index (χ4v) is 4.95. The summed E-state index contributed by atoms with van der Waals surface area (Å²) in [5, 5.41) is 5.87. The van der Waals surface area contributed by atoms with Crippen LogP contribution in [0.5, 0.6) is 0 Å². The molecule has 0 spiro atoms. The molecule has 1 atom stereocenters. The van der Waals surface area contributed by atoms with Crippen LogP contribution in [0.1, 0.15) is 43.0 Å². The largest absolute Gasteiger partial charge is 0.343 e. The number of ketones is 1. The fourth-order valence-electron chi connectivity index (χ4n) is 3.73. The summed E-state index contributed by atoms with van der Waals surface area (Å²) in [7, 11) is 0. The van der Waals surface area contributed by atoms with Crippen LogP contribution in [0, 0.1) is 5.41 Å². The van der Waals surface area contributed by atoms with Crippen molar-refractivity contribution in [3.8, 4) is 0 Å². The molecule has 2 N–H and O–H groups in total. The molecule has 0 fully saturated rings. The topological polar surface area (TPSA) is 74.8 Å². The van der Waals surface area contributed by atoms with E-state index in [0.717, 1.165) is 22.6 Å². The minimum absolute atomic E-state index is 0.0933. The van der Waals surface area contributed by atoms with Crippen LogP contribution in [0.15, 0.2) is 38.7 Å². The monoisotopic (exact) mass is 373 g/mol. The Bertz CT molecular complexity index is 942. The molecule has 4 rings (SSSR count). The maximum Gasteiger partial charge on any atom is 0.257 e. The van der Waals surface area contributed by atoms with E-state index in [1.807, 2.05) is 23.8 Å². The second-order valence-electron chi connectivity index (χ2n) is 7.24. The number of thioether (sulfide) groups is 1. The van der Waals surface area contributed by atoms with E-state index in [9.17, 15) is 9.59 Å². The van der Waals surface area contributed by atoms with Crippen molar-refractivity contribution in [2.45, 2.75) is 37.8 Å². The maximum absolute atomic E-state index is 13.0. The molecule has 2 aromatic rings. The molecule has 0 aromatic carbocycles. The number of fused-ring (bicyclic) bond motifs is 1. The highest BCUT2D eigenvalue weighted by Crippen LogP contribution is 2.48. The summed E-state index contributed by atoms with van der Waals surface area (Å²) in [6.07, 6.45) is 3.15. The Morgan fingerprint density at radius 2 is 2.12 bits per heavy atom. The predicted octanol–water partition coefficient (Wildman–Crippen LogP) is 3.75. The number of thiophene rings is 1. The Kier molecular flexibility index (Phi) is 3.88. The Morgan fingerprint density at radius 3 is 2.80 bits per heavy atom. The average Bonchev–Trinajstić information content (AvgIpc) is 3.05. The Balaban J connectivity index is 1.97. The molecule has 1 aliphatic heterocycles. The van der Waals surface area contributed by atoms with E-state index in [1.165, 1.54) is 11.8 Å². The van der Waals surface area contributed by atoms with Crippen LogP contribution in [-0.4, -0.2) is 22.0 Å². The van der Waals surface area contributed by atoms with Crippen LogP contribution in [0.25, 0.3) is 0 Å². The normalized spacial score (nSPS) is 21.6. The summed E-state index contributed by atoms with van der Waals surface area (Å²) in [6.45, 7) is 4.20. The zero-order chi connectivity index (χ0) is 17.8. The van der Waals surface area contributed by atoms with Crippen molar-refractivity contribution in [2.75, 3.05) is 11.6 Å². The van der Waals surface area contributed by atoms with E-state index in [2.05, 4.69) is 29.1 Å². The summed E-state index contributed by atoms with van der Waals surface area (Å²) in [6, 6.07) is 3.95. The van der Waals surface area contributed by atoms with Gasteiger partial charge in [0.15, 0.2) is 10.9 Å². The molecule has 3 heterocycles. The number of Topliss-reactive ketones (excluding diaryl/α,β-unsaturated/α-hetero) is 1. The number of carbonyl (C=O) groups is 1. The van der Waals surface area contributed by atoms with Crippen LogP contribution in [0.4, 0.5) is 5.82 Å². The third-order valence-electron chi connectivity index (χ3n) is 4.72. The van der Waals surface area contributed by atoms with Crippen LogP contribution in [0.3, 0.4) is 0 Å². The molecule has 5 nitrogen and oxygen atoms in total. The van der Waals surface area contributed by atoms with Gasteiger partial charge in [0.1, 0.15) is 5.82 Å². The van der Waals surface area contributed by atoms with Crippen molar-refractivity contribution in [3.63, 3.8) is 0 Å². The first-order valence-corrected chi connectivity index (χ1v) is 10.2. The molecular formula is C18H19N3O2S2. The minimum Gasteiger partial charge on any atom is -0.343 e. The van der Waals surface area contributed by atoms with Gasteiger partial charge in [0.25, 0.3) is 5.56 Å². The summed E-state index contributed by atoms with van der Waals surface area (Å²) in [4.78, 5) is 34.2. The van der Waals surface area contributed by atoms with E-state index < -0.39 is 0 Å². The first-order chi connectivity index (χ1) is 11.9. The highest BCUT2D eigenvalue weighted by atomic mass is 32.2. The first kappa shape index (κ1) is 16.6. The van der Waals surface area contributed by atoms with Gasteiger partial charge < -0.3 is 10.3 Å². The van der Waals surface area contributed by atoms with E-state index in [4.69, 9.17) is 0 Å². The number of aromatic nitrogens is 2. The summed E-state index contributed by atoms with van der Waals surface area (Å²) >= 11 is 2.97. The van der Waals surface area contributed by atoms with Crippen molar-refractivity contribution in [2.24, 2.45) is 5.41 Å². The number of hydrogen-bond acceptors (Lipinski definition) is 6. The van der Waals surface area contributed by atoms with Gasteiger partial charge in [0.2, 0.25) is 0 Å². The average molecular weight is 374 g/mol. The fraction of sp³-hybridized carbons (Fsp3) is 0.389. The number of nitrogens with one attached hydrogen (secondary N) is 2. The molecule has 0 saturated carbocycles. The van der Waals surface area contributed by atoms with E-state index in [-0.39, 0.29) is 22.7 Å². The van der Waals surface area contributed by atoms with Gasteiger partial charge >= 0.3 is 0 Å². The van der Waals surface area contributed by atoms with Gasteiger partial charge in [0, 0.05) is 22.6 Å². The number of aromatic amines is 1. The summed E-state index contributed by atoms with van der Waals surface area (Å²) in [5.41, 5.74) is 1.93. The minimum atomic E-state index is -0.331. The zero-order valence-electron chi connectivity index (χ0n) is 14.3. The molecule has 1 aliphatic carbocycles. The van der Waals surface area contributed by atoms with Crippen LogP contribution in [-0.2, 0) is 4.79 Å². The molecule has 0 bridgehead atoms. The molecule has 0 amide bonds. The number of anilines is 1. The number of carbonyl (C=O) groups excluding carboxylic acids is 1. The quantitative estimate of drug-likeness (QED) is 0.619. The highest BCUT2D eigenvalue weighted by molar-refractivity contribution is 7.98. The Hall–Kier alpha value is -1.86.